The zero-order valence-corrected chi connectivity index (χ0v) is 19.9. The molecule has 0 aliphatic heterocycles. The quantitative estimate of drug-likeness (QED) is 0.296. The summed E-state index contributed by atoms with van der Waals surface area (Å²) in [5.74, 6) is -1.50. The molecule has 0 aliphatic rings. The fraction of sp³-hybridized carbons (Fsp3) is 0.296. The Morgan fingerprint density at radius 3 is 2.32 bits per heavy atom. The zero-order chi connectivity index (χ0) is 24.8. The van der Waals surface area contributed by atoms with Crippen LogP contribution in [0.1, 0.15) is 42.9 Å². The molecule has 2 amide bonds. The van der Waals surface area contributed by atoms with Crippen molar-refractivity contribution in [2.24, 2.45) is 5.92 Å². The topological polar surface area (TPSA) is 84.5 Å². The molecule has 2 aromatic carbocycles. The molecule has 0 unspecified atom stereocenters. The van der Waals surface area contributed by atoms with E-state index in [1.54, 1.807) is 24.3 Å². The summed E-state index contributed by atoms with van der Waals surface area (Å²) in [6, 6.07) is 16.4. The molecule has 2 N–H and O–H groups in total. The lowest BCUT2D eigenvalue weighted by Gasteiger charge is -2.21. The molecule has 34 heavy (non-hydrogen) atoms. The largest absolute Gasteiger partial charge is 0.456 e. The van der Waals surface area contributed by atoms with E-state index in [0.717, 1.165) is 11.1 Å². The number of hydrogen-bond donors (Lipinski definition) is 2. The molecule has 0 spiro atoms. The molecule has 2 aromatic rings. The van der Waals surface area contributed by atoms with Gasteiger partial charge in [0.25, 0.3) is 0 Å². The smallest absolute Gasteiger partial charge is 0.306 e. The number of ether oxygens (including phenoxy) is 1. The monoisotopic (exact) mass is 482 g/mol. The first-order chi connectivity index (χ1) is 16.4. The molecule has 0 heterocycles. The lowest BCUT2D eigenvalue weighted by molar-refractivity contribution is -0.150. The maximum atomic E-state index is 12.9. The van der Waals surface area contributed by atoms with Crippen LogP contribution in [0, 0.1) is 5.92 Å². The van der Waals surface area contributed by atoms with Crippen molar-refractivity contribution in [3.63, 3.8) is 0 Å². The van der Waals surface area contributed by atoms with Gasteiger partial charge in [0.2, 0.25) is 11.8 Å². The van der Waals surface area contributed by atoms with Crippen LogP contribution in [0.25, 0.3) is 0 Å². The van der Waals surface area contributed by atoms with Gasteiger partial charge in [0.15, 0.2) is 0 Å². The summed E-state index contributed by atoms with van der Waals surface area (Å²) in [4.78, 5) is 37.5. The van der Waals surface area contributed by atoms with E-state index in [2.05, 4.69) is 23.8 Å². The van der Waals surface area contributed by atoms with Gasteiger partial charge >= 0.3 is 5.97 Å². The summed E-state index contributed by atoms with van der Waals surface area (Å²) >= 11 is 5.88. The highest BCUT2D eigenvalue weighted by Crippen LogP contribution is 2.19. The van der Waals surface area contributed by atoms with Crippen molar-refractivity contribution in [2.45, 2.75) is 38.3 Å². The molecule has 2 atom stereocenters. The second kappa shape index (κ2) is 14.7. The Labute approximate surface area is 206 Å². The minimum Gasteiger partial charge on any atom is -0.456 e. The number of nitrogens with one attached hydrogen (secondary N) is 2. The van der Waals surface area contributed by atoms with E-state index >= 15 is 0 Å². The van der Waals surface area contributed by atoms with Crippen molar-refractivity contribution in [2.75, 3.05) is 6.54 Å². The van der Waals surface area contributed by atoms with Crippen LogP contribution in [0.4, 0.5) is 0 Å². The van der Waals surface area contributed by atoms with Crippen molar-refractivity contribution in [1.82, 2.24) is 10.6 Å². The first kappa shape index (κ1) is 26.9. The molecule has 7 heteroatoms. The molecule has 0 fully saturated rings. The summed E-state index contributed by atoms with van der Waals surface area (Å²) in [6.45, 7) is 7.76. The number of carbonyl (C=O) groups is 3. The third-order valence-corrected chi connectivity index (χ3v) is 5.37. The van der Waals surface area contributed by atoms with Gasteiger partial charge in [-0.05, 0) is 36.1 Å². The molecule has 6 nitrogen and oxygen atoms in total. The highest BCUT2D eigenvalue weighted by molar-refractivity contribution is 6.30. The van der Waals surface area contributed by atoms with Crippen LogP contribution < -0.4 is 10.6 Å². The Hall–Kier alpha value is -3.38. The number of hydrogen-bond acceptors (Lipinski definition) is 4. The Kier molecular flexibility index (Phi) is 11.6. The Morgan fingerprint density at radius 2 is 1.68 bits per heavy atom. The first-order valence-corrected chi connectivity index (χ1v) is 11.6. The number of allylic oxidation sites excluding steroid dienone is 2. The van der Waals surface area contributed by atoms with Crippen LogP contribution >= 0.6 is 11.6 Å². The van der Waals surface area contributed by atoms with Gasteiger partial charge in [0, 0.05) is 24.4 Å². The van der Waals surface area contributed by atoms with Crippen LogP contribution in [-0.2, 0) is 25.7 Å². The minimum absolute atomic E-state index is 0.0145. The minimum atomic E-state index is -0.634. The number of halogens is 1. The molecule has 0 aromatic heterocycles. The van der Waals surface area contributed by atoms with E-state index in [9.17, 15) is 14.4 Å². The fourth-order valence-corrected chi connectivity index (χ4v) is 3.38. The number of rotatable bonds is 14. The number of amides is 2. The van der Waals surface area contributed by atoms with E-state index in [-0.39, 0.29) is 37.2 Å². The third kappa shape index (κ3) is 9.63. The molecule has 0 radical (unpaired) electrons. The normalized spacial score (nSPS) is 12.1. The highest BCUT2D eigenvalue weighted by Gasteiger charge is 2.23. The van der Waals surface area contributed by atoms with Crippen molar-refractivity contribution >= 4 is 29.4 Å². The zero-order valence-electron chi connectivity index (χ0n) is 19.2. The van der Waals surface area contributed by atoms with Crippen LogP contribution in [0.15, 0.2) is 79.9 Å². The molecular weight excluding hydrogens is 452 g/mol. The average Bonchev–Trinajstić information content (AvgIpc) is 2.85. The van der Waals surface area contributed by atoms with Crippen molar-refractivity contribution in [1.29, 1.82) is 0 Å². The predicted octanol–water partition coefficient (Wildman–Crippen LogP) is 4.91. The number of benzene rings is 2. The second-order valence-corrected chi connectivity index (χ2v) is 8.23. The molecule has 0 saturated carbocycles. The summed E-state index contributed by atoms with van der Waals surface area (Å²) in [6.07, 6.45) is 3.72. The van der Waals surface area contributed by atoms with E-state index in [4.69, 9.17) is 16.3 Å². The molecule has 0 aliphatic carbocycles. The molecule has 2 rings (SSSR count). The van der Waals surface area contributed by atoms with Crippen LogP contribution in [0.3, 0.4) is 0 Å². The summed E-state index contributed by atoms with van der Waals surface area (Å²) in [5, 5.41) is 6.28. The summed E-state index contributed by atoms with van der Waals surface area (Å²) in [7, 11) is 0. The molecule has 180 valence electrons. The maximum absolute atomic E-state index is 12.9. The first-order valence-electron chi connectivity index (χ1n) is 11.2. The van der Waals surface area contributed by atoms with Crippen LogP contribution in [0.5, 0.6) is 0 Å². The summed E-state index contributed by atoms with van der Waals surface area (Å²) < 4.78 is 5.60. The van der Waals surface area contributed by atoms with E-state index in [1.165, 1.54) is 0 Å². The lowest BCUT2D eigenvalue weighted by Crippen LogP contribution is -2.37. The second-order valence-electron chi connectivity index (χ2n) is 7.79. The van der Waals surface area contributed by atoms with Gasteiger partial charge in [-0.25, -0.2) is 0 Å². The molecular formula is C27H31ClN2O4. The lowest BCUT2D eigenvalue weighted by atomic mass is 9.99. The third-order valence-electron chi connectivity index (χ3n) is 5.12. The number of carbonyl (C=O) groups excluding carboxylic acids is 3. The van der Waals surface area contributed by atoms with Gasteiger partial charge in [0.1, 0.15) is 6.10 Å². The van der Waals surface area contributed by atoms with Gasteiger partial charge in [-0.15, -0.1) is 13.2 Å². The number of esters is 1. The summed E-state index contributed by atoms with van der Waals surface area (Å²) in [5.41, 5.74) is 1.68. The highest BCUT2D eigenvalue weighted by atomic mass is 35.5. The van der Waals surface area contributed by atoms with Gasteiger partial charge in [-0.1, -0.05) is 66.2 Å². The van der Waals surface area contributed by atoms with Crippen molar-refractivity contribution < 1.29 is 19.1 Å². The van der Waals surface area contributed by atoms with Crippen molar-refractivity contribution in [3.05, 3.63) is 96.1 Å². The SMILES string of the molecule is C=CCCC(=O)O[C@@H](CNC(=O)[C@@H](CC=C)CC(=O)NCc1ccc(Cl)cc1)c1ccccc1. The van der Waals surface area contributed by atoms with Gasteiger partial charge in [0.05, 0.1) is 12.5 Å². The van der Waals surface area contributed by atoms with Gasteiger partial charge < -0.3 is 15.4 Å². The average molecular weight is 483 g/mol. The Morgan fingerprint density at radius 1 is 0.971 bits per heavy atom. The van der Waals surface area contributed by atoms with Crippen LogP contribution in [-0.4, -0.2) is 24.3 Å². The van der Waals surface area contributed by atoms with Gasteiger partial charge in [-0.2, -0.15) is 0 Å². The standard InChI is InChI=1S/C27H31ClN2O4/c1-3-5-12-26(32)34-24(21-10-7-6-8-11-21)19-30-27(33)22(9-4-2)17-25(31)29-18-20-13-15-23(28)16-14-20/h3-4,6-8,10-11,13-16,22,24H,1-2,5,9,12,17-19H2,(H,29,31)(H,30,33)/t22-,24-/m0/s1. The van der Waals surface area contributed by atoms with E-state index in [0.29, 0.717) is 24.4 Å². The van der Waals surface area contributed by atoms with Crippen LogP contribution in [0.2, 0.25) is 5.02 Å². The molecule has 0 saturated heterocycles. The Balaban J connectivity index is 1.94. The Bertz CT molecular complexity index is 960. The van der Waals surface area contributed by atoms with E-state index in [1.807, 2.05) is 42.5 Å². The van der Waals surface area contributed by atoms with Crippen molar-refractivity contribution in [3.8, 4) is 0 Å². The fourth-order valence-electron chi connectivity index (χ4n) is 3.25. The van der Waals surface area contributed by atoms with Gasteiger partial charge in [-0.3, -0.25) is 14.4 Å². The predicted molar refractivity (Wildman–Crippen MR) is 134 cm³/mol. The molecule has 0 bridgehead atoms. The maximum Gasteiger partial charge on any atom is 0.306 e. The van der Waals surface area contributed by atoms with E-state index < -0.39 is 12.0 Å².